The van der Waals surface area contributed by atoms with Crippen LogP contribution in [-0.2, 0) is 4.79 Å². The van der Waals surface area contributed by atoms with Crippen LogP contribution in [0, 0.1) is 0 Å². The molecule has 1 atom stereocenters. The Morgan fingerprint density at radius 3 is 2.76 bits per heavy atom. The molecule has 3 rings (SSSR count). The van der Waals surface area contributed by atoms with Crippen LogP contribution >= 0.6 is 0 Å². The summed E-state index contributed by atoms with van der Waals surface area (Å²) in [5, 5.41) is 12.0. The molecule has 0 radical (unpaired) electrons. The maximum absolute atomic E-state index is 12.3. The molecular formula is C15H13N3O3. The first-order chi connectivity index (χ1) is 10.2. The summed E-state index contributed by atoms with van der Waals surface area (Å²) < 4.78 is 0. The predicted octanol–water partition coefficient (Wildman–Crippen LogP) is 2.30. The molecule has 1 aliphatic heterocycles. The number of rotatable bonds is 2. The Morgan fingerprint density at radius 2 is 2.05 bits per heavy atom. The van der Waals surface area contributed by atoms with Crippen LogP contribution in [0.15, 0.2) is 48.8 Å². The molecule has 1 unspecified atom stereocenters. The lowest BCUT2D eigenvalue weighted by molar-refractivity contribution is -0.138. The number of nitrogens with one attached hydrogen (secondary N) is 1. The van der Waals surface area contributed by atoms with Gasteiger partial charge in [0.2, 0.25) is 0 Å². The Morgan fingerprint density at radius 1 is 1.24 bits per heavy atom. The number of hydrogen-bond acceptors (Lipinski definition) is 3. The van der Waals surface area contributed by atoms with E-state index in [1.54, 1.807) is 42.6 Å². The second-order valence-corrected chi connectivity index (χ2v) is 4.73. The van der Waals surface area contributed by atoms with Gasteiger partial charge in [0, 0.05) is 18.4 Å². The number of anilines is 2. The van der Waals surface area contributed by atoms with Gasteiger partial charge >= 0.3 is 12.0 Å². The number of nitrogens with zero attached hydrogens (tertiary/aromatic N) is 2. The van der Waals surface area contributed by atoms with Crippen LogP contribution in [0.4, 0.5) is 16.2 Å². The third-order valence-electron chi connectivity index (χ3n) is 3.42. The summed E-state index contributed by atoms with van der Waals surface area (Å²) in [5.74, 6) is -1.63. The normalized spacial score (nSPS) is 16.4. The van der Waals surface area contributed by atoms with Crippen molar-refractivity contribution in [1.82, 2.24) is 4.98 Å². The number of fused-ring (bicyclic) bond motifs is 1. The lowest BCUT2D eigenvalue weighted by Gasteiger charge is -2.18. The molecule has 1 aromatic heterocycles. The maximum Gasteiger partial charge on any atom is 0.326 e. The summed E-state index contributed by atoms with van der Waals surface area (Å²) in [6.45, 7) is 0.126. The molecular weight excluding hydrogens is 270 g/mol. The number of hydrogen-bond donors (Lipinski definition) is 2. The highest BCUT2D eigenvalue weighted by molar-refractivity contribution is 6.04. The van der Waals surface area contributed by atoms with Gasteiger partial charge in [-0.1, -0.05) is 18.2 Å². The number of aliphatic carboxylic acids is 1. The van der Waals surface area contributed by atoms with E-state index < -0.39 is 11.9 Å². The summed E-state index contributed by atoms with van der Waals surface area (Å²) in [6, 6.07) is 10.1. The van der Waals surface area contributed by atoms with Gasteiger partial charge in [0.25, 0.3) is 0 Å². The van der Waals surface area contributed by atoms with Crippen LogP contribution in [0.3, 0.4) is 0 Å². The van der Waals surface area contributed by atoms with Crippen LogP contribution in [0.25, 0.3) is 0 Å². The van der Waals surface area contributed by atoms with Crippen LogP contribution in [0.5, 0.6) is 0 Å². The third kappa shape index (κ3) is 2.43. The average Bonchev–Trinajstić information content (AvgIpc) is 2.88. The van der Waals surface area contributed by atoms with Crippen molar-refractivity contribution >= 4 is 23.4 Å². The van der Waals surface area contributed by atoms with Crippen molar-refractivity contribution in [1.29, 1.82) is 0 Å². The van der Waals surface area contributed by atoms with Crippen LogP contribution in [0.2, 0.25) is 0 Å². The van der Waals surface area contributed by atoms with Gasteiger partial charge in [-0.2, -0.15) is 0 Å². The molecule has 2 aromatic rings. The highest BCUT2D eigenvalue weighted by Crippen LogP contribution is 2.36. The van der Waals surface area contributed by atoms with Gasteiger partial charge in [0.15, 0.2) is 0 Å². The molecule has 21 heavy (non-hydrogen) atoms. The molecule has 6 nitrogen and oxygen atoms in total. The first-order valence-corrected chi connectivity index (χ1v) is 6.47. The molecule has 0 fully saturated rings. The van der Waals surface area contributed by atoms with Gasteiger partial charge in [-0.3, -0.25) is 14.7 Å². The van der Waals surface area contributed by atoms with Crippen molar-refractivity contribution < 1.29 is 14.7 Å². The number of aromatic nitrogens is 1. The Labute approximate surface area is 121 Å². The molecule has 0 spiro atoms. The van der Waals surface area contributed by atoms with Crippen molar-refractivity contribution in [2.24, 2.45) is 0 Å². The summed E-state index contributed by atoms with van der Waals surface area (Å²) >= 11 is 0. The van der Waals surface area contributed by atoms with Crippen molar-refractivity contribution in [3.63, 3.8) is 0 Å². The van der Waals surface area contributed by atoms with Crippen LogP contribution in [-0.4, -0.2) is 28.6 Å². The molecule has 106 valence electrons. The van der Waals surface area contributed by atoms with E-state index in [0.29, 0.717) is 16.9 Å². The standard InChI is InChI=1S/C15H13N3O3/c19-14(20)12-9-18(13-6-2-1-5-11(12)13)15(21)17-10-4-3-7-16-8-10/h1-8,12H,9H2,(H,17,21)(H,19,20). The SMILES string of the molecule is O=C(O)C1CN(C(=O)Nc2cccnc2)c2ccccc21. The van der Waals surface area contributed by atoms with E-state index >= 15 is 0 Å². The fourth-order valence-corrected chi connectivity index (χ4v) is 2.44. The Hall–Kier alpha value is -2.89. The molecule has 2 N–H and O–H groups in total. The smallest absolute Gasteiger partial charge is 0.326 e. The van der Waals surface area contributed by atoms with E-state index in [-0.39, 0.29) is 12.6 Å². The lowest BCUT2D eigenvalue weighted by atomic mass is 10.0. The maximum atomic E-state index is 12.3. The number of para-hydroxylation sites is 1. The number of carboxylic acids is 1. The summed E-state index contributed by atoms with van der Waals surface area (Å²) in [6.07, 6.45) is 3.15. The Balaban J connectivity index is 1.86. The number of urea groups is 1. The minimum Gasteiger partial charge on any atom is -0.481 e. The van der Waals surface area contributed by atoms with Gasteiger partial charge < -0.3 is 10.4 Å². The topological polar surface area (TPSA) is 82.5 Å². The quantitative estimate of drug-likeness (QED) is 0.886. The fraction of sp³-hybridized carbons (Fsp3) is 0.133. The predicted molar refractivity (Wildman–Crippen MR) is 77.4 cm³/mol. The zero-order chi connectivity index (χ0) is 14.8. The highest BCUT2D eigenvalue weighted by atomic mass is 16.4. The number of pyridine rings is 1. The molecule has 0 bridgehead atoms. The number of carbonyl (C=O) groups excluding carboxylic acids is 1. The molecule has 0 saturated carbocycles. The summed E-state index contributed by atoms with van der Waals surface area (Å²) in [4.78, 5) is 29.0. The Bertz CT molecular complexity index is 688. The van der Waals surface area contributed by atoms with E-state index in [1.807, 2.05) is 0 Å². The van der Waals surface area contributed by atoms with E-state index in [4.69, 9.17) is 0 Å². The van der Waals surface area contributed by atoms with Gasteiger partial charge in [0.1, 0.15) is 5.92 Å². The van der Waals surface area contributed by atoms with Crippen LogP contribution in [0.1, 0.15) is 11.5 Å². The molecule has 1 aliphatic rings. The summed E-state index contributed by atoms with van der Waals surface area (Å²) in [7, 11) is 0. The van der Waals surface area contributed by atoms with Crippen molar-refractivity contribution in [2.45, 2.75) is 5.92 Å². The van der Waals surface area contributed by atoms with Gasteiger partial charge in [-0.15, -0.1) is 0 Å². The number of benzene rings is 1. The highest BCUT2D eigenvalue weighted by Gasteiger charge is 2.36. The second-order valence-electron chi connectivity index (χ2n) is 4.73. The third-order valence-corrected chi connectivity index (χ3v) is 3.42. The molecule has 6 heteroatoms. The first-order valence-electron chi connectivity index (χ1n) is 6.47. The molecule has 2 heterocycles. The van der Waals surface area contributed by atoms with Gasteiger partial charge in [0.05, 0.1) is 11.9 Å². The minimum absolute atomic E-state index is 0.126. The average molecular weight is 283 g/mol. The number of amides is 2. The van der Waals surface area contributed by atoms with Crippen LogP contribution < -0.4 is 10.2 Å². The minimum atomic E-state index is -0.931. The molecule has 1 aromatic carbocycles. The summed E-state index contributed by atoms with van der Waals surface area (Å²) in [5.41, 5.74) is 1.86. The van der Waals surface area contributed by atoms with Crippen molar-refractivity contribution in [2.75, 3.05) is 16.8 Å². The Kier molecular flexibility index (Phi) is 3.27. The monoisotopic (exact) mass is 283 g/mol. The first kappa shape index (κ1) is 13.1. The van der Waals surface area contributed by atoms with Gasteiger partial charge in [-0.05, 0) is 23.8 Å². The van der Waals surface area contributed by atoms with Gasteiger partial charge in [-0.25, -0.2) is 4.79 Å². The van der Waals surface area contributed by atoms with Crippen molar-refractivity contribution in [3.05, 3.63) is 54.4 Å². The van der Waals surface area contributed by atoms with E-state index in [1.165, 1.54) is 11.1 Å². The van der Waals surface area contributed by atoms with Crippen molar-refractivity contribution in [3.8, 4) is 0 Å². The van der Waals surface area contributed by atoms with E-state index in [9.17, 15) is 14.7 Å². The zero-order valence-electron chi connectivity index (χ0n) is 11.1. The van der Waals surface area contributed by atoms with E-state index in [2.05, 4.69) is 10.3 Å². The number of carbonyl (C=O) groups is 2. The largest absolute Gasteiger partial charge is 0.481 e. The second kappa shape index (κ2) is 5.24. The zero-order valence-corrected chi connectivity index (χ0v) is 11.1. The molecule has 2 amide bonds. The van der Waals surface area contributed by atoms with E-state index in [0.717, 1.165) is 0 Å². The number of carboxylic acid groups (broad SMARTS) is 1. The fourth-order valence-electron chi connectivity index (χ4n) is 2.44. The lowest BCUT2D eigenvalue weighted by Crippen LogP contribution is -2.35. The molecule has 0 saturated heterocycles. The molecule has 0 aliphatic carbocycles.